The number of alkyl halides is 2. The zero-order chi connectivity index (χ0) is 19.5. The maximum absolute atomic E-state index is 12.2. The van der Waals surface area contributed by atoms with Crippen LogP contribution in [0.1, 0.15) is 24.8 Å². The van der Waals surface area contributed by atoms with Crippen molar-refractivity contribution in [2.24, 2.45) is 4.99 Å². The zero-order valence-corrected chi connectivity index (χ0v) is 16.0. The second kappa shape index (κ2) is 11.7. The van der Waals surface area contributed by atoms with Gasteiger partial charge in [-0.2, -0.15) is 8.78 Å². The summed E-state index contributed by atoms with van der Waals surface area (Å²) in [6.45, 7) is 0.740. The third-order valence-electron chi connectivity index (χ3n) is 4.22. The molecule has 1 N–H and O–H groups in total. The minimum Gasteiger partial charge on any atom is -0.435 e. The Labute approximate surface area is 159 Å². The number of nitrogens with one attached hydrogen (secondary N) is 1. The highest BCUT2D eigenvalue weighted by Gasteiger charge is 2.15. The van der Waals surface area contributed by atoms with Gasteiger partial charge in [-0.05, 0) is 37.0 Å². The van der Waals surface area contributed by atoms with Crippen molar-refractivity contribution in [2.45, 2.75) is 38.5 Å². The second-order valence-corrected chi connectivity index (χ2v) is 6.42. The molecule has 27 heavy (non-hydrogen) atoms. The van der Waals surface area contributed by atoms with Gasteiger partial charge in [0.05, 0.1) is 12.7 Å². The van der Waals surface area contributed by atoms with Crippen LogP contribution in [0.5, 0.6) is 5.75 Å². The summed E-state index contributed by atoms with van der Waals surface area (Å²) in [5.41, 5.74) is 0.974. The normalized spacial score (nSPS) is 17.4. The Balaban J connectivity index is 1.64. The van der Waals surface area contributed by atoms with Gasteiger partial charge in [-0.1, -0.05) is 12.1 Å². The van der Waals surface area contributed by atoms with Crippen LogP contribution in [0.4, 0.5) is 8.78 Å². The van der Waals surface area contributed by atoms with Gasteiger partial charge in [0, 0.05) is 40.4 Å². The summed E-state index contributed by atoms with van der Waals surface area (Å²) in [6.07, 6.45) is 3.35. The molecule has 1 fully saturated rings. The third kappa shape index (κ3) is 8.09. The maximum atomic E-state index is 12.2. The molecule has 6 nitrogen and oxygen atoms in total. The van der Waals surface area contributed by atoms with Gasteiger partial charge in [0.15, 0.2) is 5.96 Å². The standard InChI is InChI=1S/C19H29F2N3O3/c1-22-19(23-10-4-11-25-14-17-5-3-12-26-17)24(2)13-15-6-8-16(9-7-15)27-18(20)21/h6-9,17-18H,3-5,10-14H2,1-2H3,(H,22,23). The molecule has 1 aromatic carbocycles. The van der Waals surface area contributed by atoms with Crippen molar-refractivity contribution in [2.75, 3.05) is 40.5 Å². The number of hydrogen-bond donors (Lipinski definition) is 1. The first-order chi connectivity index (χ1) is 13.1. The lowest BCUT2D eigenvalue weighted by Gasteiger charge is -2.22. The number of nitrogens with zero attached hydrogens (tertiary/aromatic N) is 2. The van der Waals surface area contributed by atoms with Crippen molar-refractivity contribution in [3.63, 3.8) is 0 Å². The molecule has 0 spiro atoms. The highest BCUT2D eigenvalue weighted by atomic mass is 19.3. The Hall–Kier alpha value is -1.93. The van der Waals surface area contributed by atoms with E-state index in [2.05, 4.69) is 15.0 Å². The fourth-order valence-electron chi connectivity index (χ4n) is 2.87. The van der Waals surface area contributed by atoms with E-state index in [0.717, 1.165) is 43.9 Å². The molecule has 1 aromatic rings. The molecule has 0 bridgehead atoms. The van der Waals surface area contributed by atoms with Crippen LogP contribution < -0.4 is 10.1 Å². The lowest BCUT2D eigenvalue weighted by atomic mass is 10.2. The average Bonchev–Trinajstić information content (AvgIpc) is 3.15. The molecular weight excluding hydrogens is 356 g/mol. The van der Waals surface area contributed by atoms with E-state index in [0.29, 0.717) is 19.8 Å². The molecule has 1 saturated heterocycles. The Morgan fingerprint density at radius 2 is 2.15 bits per heavy atom. The van der Waals surface area contributed by atoms with Gasteiger partial charge in [-0.3, -0.25) is 4.99 Å². The van der Waals surface area contributed by atoms with Crippen molar-refractivity contribution in [1.82, 2.24) is 10.2 Å². The quantitative estimate of drug-likeness (QED) is 0.381. The monoisotopic (exact) mass is 385 g/mol. The van der Waals surface area contributed by atoms with Crippen LogP contribution in [-0.2, 0) is 16.0 Å². The minimum absolute atomic E-state index is 0.155. The van der Waals surface area contributed by atoms with E-state index < -0.39 is 6.61 Å². The SMILES string of the molecule is CN=C(NCCCOCC1CCCO1)N(C)Cc1ccc(OC(F)F)cc1. The van der Waals surface area contributed by atoms with E-state index >= 15 is 0 Å². The summed E-state index contributed by atoms with van der Waals surface area (Å²) in [4.78, 5) is 6.24. The molecule has 2 rings (SSSR count). The predicted molar refractivity (Wildman–Crippen MR) is 100 cm³/mol. The van der Waals surface area contributed by atoms with Gasteiger partial charge >= 0.3 is 6.61 Å². The van der Waals surface area contributed by atoms with E-state index in [1.54, 1.807) is 19.2 Å². The van der Waals surface area contributed by atoms with Crippen LogP contribution in [0.15, 0.2) is 29.3 Å². The van der Waals surface area contributed by atoms with Crippen LogP contribution in [0.2, 0.25) is 0 Å². The molecule has 1 atom stereocenters. The van der Waals surface area contributed by atoms with Crippen molar-refractivity contribution in [3.05, 3.63) is 29.8 Å². The second-order valence-electron chi connectivity index (χ2n) is 6.42. The summed E-state index contributed by atoms with van der Waals surface area (Å²) < 4.78 is 39.9. The summed E-state index contributed by atoms with van der Waals surface area (Å²) in [6, 6.07) is 6.61. The van der Waals surface area contributed by atoms with Crippen LogP contribution >= 0.6 is 0 Å². The highest BCUT2D eigenvalue weighted by Crippen LogP contribution is 2.16. The first-order valence-corrected chi connectivity index (χ1v) is 9.23. The van der Waals surface area contributed by atoms with Crippen molar-refractivity contribution < 1.29 is 23.0 Å². The first kappa shape index (κ1) is 21.4. The largest absolute Gasteiger partial charge is 0.435 e. The zero-order valence-electron chi connectivity index (χ0n) is 16.0. The molecule has 0 aliphatic carbocycles. The lowest BCUT2D eigenvalue weighted by Crippen LogP contribution is -2.39. The number of hydrogen-bond acceptors (Lipinski definition) is 4. The Kier molecular flexibility index (Phi) is 9.27. The van der Waals surface area contributed by atoms with Gasteiger partial charge in [-0.15, -0.1) is 0 Å². The van der Waals surface area contributed by atoms with E-state index in [1.807, 2.05) is 11.9 Å². The lowest BCUT2D eigenvalue weighted by molar-refractivity contribution is -0.0498. The maximum Gasteiger partial charge on any atom is 0.387 e. The van der Waals surface area contributed by atoms with E-state index in [-0.39, 0.29) is 11.9 Å². The van der Waals surface area contributed by atoms with Gasteiger partial charge in [0.1, 0.15) is 5.75 Å². The van der Waals surface area contributed by atoms with E-state index in [9.17, 15) is 8.78 Å². The molecule has 0 radical (unpaired) electrons. The molecule has 8 heteroatoms. The molecule has 1 aliphatic heterocycles. The highest BCUT2D eigenvalue weighted by molar-refractivity contribution is 5.79. The van der Waals surface area contributed by atoms with E-state index in [4.69, 9.17) is 9.47 Å². The minimum atomic E-state index is -2.81. The Bertz CT molecular complexity index is 564. The summed E-state index contributed by atoms with van der Waals surface area (Å²) in [5.74, 6) is 0.920. The van der Waals surface area contributed by atoms with Crippen LogP contribution in [0.3, 0.4) is 0 Å². The number of guanidine groups is 1. The fraction of sp³-hybridized carbons (Fsp3) is 0.632. The van der Waals surface area contributed by atoms with E-state index in [1.165, 1.54) is 12.1 Å². The number of benzene rings is 1. The molecule has 1 unspecified atom stereocenters. The molecule has 0 saturated carbocycles. The van der Waals surface area contributed by atoms with Crippen LogP contribution in [0, 0.1) is 0 Å². The van der Waals surface area contributed by atoms with Gasteiger partial charge in [0.2, 0.25) is 0 Å². The van der Waals surface area contributed by atoms with Gasteiger partial charge in [0.25, 0.3) is 0 Å². The Morgan fingerprint density at radius 1 is 1.37 bits per heavy atom. The molecule has 152 valence electrons. The smallest absolute Gasteiger partial charge is 0.387 e. The summed E-state index contributed by atoms with van der Waals surface area (Å²) in [5, 5.41) is 3.30. The first-order valence-electron chi connectivity index (χ1n) is 9.23. The molecule has 1 heterocycles. The van der Waals surface area contributed by atoms with Crippen LogP contribution in [-0.4, -0.2) is 64.0 Å². The number of halogens is 2. The summed E-state index contributed by atoms with van der Waals surface area (Å²) in [7, 11) is 3.65. The van der Waals surface area contributed by atoms with Crippen molar-refractivity contribution in [3.8, 4) is 5.75 Å². The van der Waals surface area contributed by atoms with Crippen molar-refractivity contribution >= 4 is 5.96 Å². The molecular formula is C19H29F2N3O3. The number of rotatable bonds is 10. The molecule has 0 aromatic heterocycles. The van der Waals surface area contributed by atoms with Gasteiger partial charge in [-0.25, -0.2) is 0 Å². The number of aliphatic imine (C=N–C) groups is 1. The fourth-order valence-corrected chi connectivity index (χ4v) is 2.87. The Morgan fingerprint density at radius 3 is 2.78 bits per heavy atom. The molecule has 0 amide bonds. The third-order valence-corrected chi connectivity index (χ3v) is 4.22. The topological polar surface area (TPSA) is 55.3 Å². The van der Waals surface area contributed by atoms with Gasteiger partial charge < -0.3 is 24.4 Å². The van der Waals surface area contributed by atoms with Crippen LogP contribution in [0.25, 0.3) is 0 Å². The average molecular weight is 385 g/mol. The van der Waals surface area contributed by atoms with Crippen molar-refractivity contribution in [1.29, 1.82) is 0 Å². The number of ether oxygens (including phenoxy) is 3. The summed E-state index contributed by atoms with van der Waals surface area (Å²) >= 11 is 0. The molecule has 1 aliphatic rings. The predicted octanol–water partition coefficient (Wildman–Crippen LogP) is 2.88.